The first-order chi connectivity index (χ1) is 12.3. The van der Waals surface area contributed by atoms with Gasteiger partial charge in [0.1, 0.15) is 6.33 Å². The third kappa shape index (κ3) is 5.62. The summed E-state index contributed by atoms with van der Waals surface area (Å²) in [7, 11) is 0. The maximum absolute atomic E-state index is 4.39. The fourth-order valence-corrected chi connectivity index (χ4v) is 3.31. The van der Waals surface area contributed by atoms with Gasteiger partial charge in [0.2, 0.25) is 0 Å². The summed E-state index contributed by atoms with van der Waals surface area (Å²) in [5.41, 5.74) is 3.27. The molecule has 0 fully saturated rings. The van der Waals surface area contributed by atoms with E-state index in [2.05, 4.69) is 62.5 Å². The van der Waals surface area contributed by atoms with Crippen molar-refractivity contribution in [3.05, 3.63) is 72.6 Å². The van der Waals surface area contributed by atoms with E-state index < -0.39 is 0 Å². The Morgan fingerprint density at radius 3 is 2.40 bits per heavy atom. The first kappa shape index (κ1) is 17.5. The number of nitrogens with one attached hydrogen (secondary N) is 1. The molecule has 0 radical (unpaired) electrons. The Kier molecular flexibility index (Phi) is 6.48. The van der Waals surface area contributed by atoms with Crippen LogP contribution in [0, 0.1) is 0 Å². The van der Waals surface area contributed by atoms with E-state index in [-0.39, 0.29) is 0 Å². The molecule has 0 aliphatic heterocycles. The van der Waals surface area contributed by atoms with Crippen LogP contribution in [0.5, 0.6) is 0 Å². The quantitative estimate of drug-likeness (QED) is 0.671. The molecule has 0 aliphatic rings. The third-order valence-electron chi connectivity index (χ3n) is 3.66. The zero-order valence-electron chi connectivity index (χ0n) is 14.2. The average Bonchev–Trinajstić information content (AvgIpc) is 2.68. The summed E-state index contributed by atoms with van der Waals surface area (Å²) in [5.74, 6) is 2.76. The van der Waals surface area contributed by atoms with E-state index in [1.807, 2.05) is 24.2 Å². The van der Waals surface area contributed by atoms with Gasteiger partial charge in [0.25, 0.3) is 0 Å². The molecule has 3 aromatic rings. The van der Waals surface area contributed by atoms with E-state index in [0.717, 1.165) is 29.2 Å². The molecule has 5 nitrogen and oxygen atoms in total. The molecule has 1 N–H and O–H groups in total. The second-order valence-electron chi connectivity index (χ2n) is 5.82. The normalized spacial score (nSPS) is 12.0. The zero-order chi connectivity index (χ0) is 17.3. The van der Waals surface area contributed by atoms with Crippen LogP contribution in [0.15, 0.2) is 61.4 Å². The fraction of sp³-hybridized carbons (Fsp3) is 0.263. The van der Waals surface area contributed by atoms with Crippen LogP contribution in [0.2, 0.25) is 0 Å². The minimum Gasteiger partial charge on any atom is -0.309 e. The average molecular weight is 351 g/mol. The molecule has 128 valence electrons. The van der Waals surface area contributed by atoms with E-state index in [1.54, 1.807) is 12.4 Å². The standard InChI is InChI=1S/C19H21N5S/c1-15(12-25-13-16-5-3-2-4-6-16)22-7-17-8-23-19(24-9-17)18-10-20-14-21-11-18/h2-6,8-11,14-15,22H,7,12-13H2,1H3. The Morgan fingerprint density at radius 1 is 0.960 bits per heavy atom. The Morgan fingerprint density at radius 2 is 1.68 bits per heavy atom. The number of hydrogen-bond acceptors (Lipinski definition) is 6. The molecule has 0 spiro atoms. The summed E-state index contributed by atoms with van der Waals surface area (Å²) in [4.78, 5) is 16.8. The van der Waals surface area contributed by atoms with Gasteiger partial charge in [0.05, 0.1) is 5.56 Å². The van der Waals surface area contributed by atoms with Crippen LogP contribution in [0.25, 0.3) is 11.4 Å². The Balaban J connectivity index is 1.42. The smallest absolute Gasteiger partial charge is 0.162 e. The summed E-state index contributed by atoms with van der Waals surface area (Å²) in [6, 6.07) is 11.0. The van der Waals surface area contributed by atoms with Gasteiger partial charge in [-0.3, -0.25) is 0 Å². The van der Waals surface area contributed by atoms with Crippen molar-refractivity contribution in [2.24, 2.45) is 0 Å². The molecule has 2 aromatic heterocycles. The maximum Gasteiger partial charge on any atom is 0.162 e. The number of hydrogen-bond donors (Lipinski definition) is 1. The summed E-state index contributed by atoms with van der Waals surface area (Å²) in [6.07, 6.45) is 8.63. The second-order valence-corrected chi connectivity index (χ2v) is 6.86. The summed E-state index contributed by atoms with van der Waals surface area (Å²) in [5, 5.41) is 3.52. The van der Waals surface area contributed by atoms with E-state index in [0.29, 0.717) is 11.9 Å². The van der Waals surface area contributed by atoms with E-state index in [9.17, 15) is 0 Å². The minimum absolute atomic E-state index is 0.427. The minimum atomic E-state index is 0.427. The Bertz CT molecular complexity index is 750. The van der Waals surface area contributed by atoms with Gasteiger partial charge >= 0.3 is 0 Å². The highest BCUT2D eigenvalue weighted by Crippen LogP contribution is 2.13. The molecule has 0 bridgehead atoms. The predicted octanol–water partition coefficient (Wildman–Crippen LogP) is 3.35. The van der Waals surface area contributed by atoms with E-state index in [4.69, 9.17) is 0 Å². The number of benzene rings is 1. The van der Waals surface area contributed by atoms with Crippen molar-refractivity contribution < 1.29 is 0 Å². The molecule has 1 aromatic carbocycles. The van der Waals surface area contributed by atoms with Gasteiger partial charge in [-0.25, -0.2) is 19.9 Å². The highest BCUT2D eigenvalue weighted by atomic mass is 32.2. The van der Waals surface area contributed by atoms with Gasteiger partial charge in [0.15, 0.2) is 5.82 Å². The number of thioether (sulfide) groups is 1. The molecule has 2 heterocycles. The number of rotatable bonds is 8. The van der Waals surface area contributed by atoms with Crippen LogP contribution in [0.1, 0.15) is 18.1 Å². The molecule has 1 unspecified atom stereocenters. The fourth-order valence-electron chi connectivity index (χ4n) is 2.29. The lowest BCUT2D eigenvalue weighted by molar-refractivity contribution is 0.594. The summed E-state index contributed by atoms with van der Waals surface area (Å²) < 4.78 is 0. The van der Waals surface area contributed by atoms with Crippen molar-refractivity contribution in [2.75, 3.05) is 5.75 Å². The van der Waals surface area contributed by atoms with Crippen molar-refractivity contribution in [3.63, 3.8) is 0 Å². The molecular weight excluding hydrogens is 330 g/mol. The molecule has 0 amide bonds. The van der Waals surface area contributed by atoms with E-state index >= 15 is 0 Å². The van der Waals surface area contributed by atoms with Crippen LogP contribution in [-0.2, 0) is 12.3 Å². The maximum atomic E-state index is 4.39. The molecule has 3 rings (SSSR count). The van der Waals surface area contributed by atoms with Crippen molar-refractivity contribution in [1.82, 2.24) is 25.3 Å². The SMILES string of the molecule is CC(CSCc1ccccc1)NCc1cnc(-c2cncnc2)nc1. The monoisotopic (exact) mass is 351 g/mol. The lowest BCUT2D eigenvalue weighted by Gasteiger charge is -2.13. The van der Waals surface area contributed by atoms with E-state index in [1.165, 1.54) is 11.9 Å². The van der Waals surface area contributed by atoms with Gasteiger partial charge < -0.3 is 5.32 Å². The summed E-state index contributed by atoms with van der Waals surface area (Å²) in [6.45, 7) is 2.97. The number of aromatic nitrogens is 4. The van der Waals surface area contributed by atoms with Crippen molar-refractivity contribution in [3.8, 4) is 11.4 Å². The van der Waals surface area contributed by atoms with Crippen LogP contribution in [-0.4, -0.2) is 31.7 Å². The highest BCUT2D eigenvalue weighted by molar-refractivity contribution is 7.98. The largest absolute Gasteiger partial charge is 0.309 e. The summed E-state index contributed by atoms with van der Waals surface area (Å²) >= 11 is 1.94. The molecular formula is C19H21N5S. The van der Waals surface area contributed by atoms with Gasteiger partial charge in [0, 0.05) is 54.4 Å². The molecule has 0 saturated heterocycles. The van der Waals surface area contributed by atoms with Crippen LogP contribution in [0.3, 0.4) is 0 Å². The van der Waals surface area contributed by atoms with Crippen molar-refractivity contribution in [2.45, 2.75) is 25.3 Å². The second kappa shape index (κ2) is 9.25. The lowest BCUT2D eigenvalue weighted by Crippen LogP contribution is -2.27. The van der Waals surface area contributed by atoms with Crippen molar-refractivity contribution in [1.29, 1.82) is 0 Å². The molecule has 0 saturated carbocycles. The first-order valence-electron chi connectivity index (χ1n) is 8.22. The van der Waals surface area contributed by atoms with Crippen LogP contribution < -0.4 is 5.32 Å². The first-order valence-corrected chi connectivity index (χ1v) is 9.38. The molecule has 6 heteroatoms. The van der Waals surface area contributed by atoms with Gasteiger partial charge in [-0.2, -0.15) is 11.8 Å². The van der Waals surface area contributed by atoms with Gasteiger partial charge in [-0.1, -0.05) is 30.3 Å². The zero-order valence-corrected chi connectivity index (χ0v) is 15.0. The van der Waals surface area contributed by atoms with Crippen LogP contribution in [0.4, 0.5) is 0 Å². The van der Waals surface area contributed by atoms with Crippen LogP contribution >= 0.6 is 11.8 Å². The molecule has 25 heavy (non-hydrogen) atoms. The molecule has 0 aliphatic carbocycles. The molecule has 1 atom stereocenters. The number of nitrogens with zero attached hydrogens (tertiary/aromatic N) is 4. The highest BCUT2D eigenvalue weighted by Gasteiger charge is 2.05. The topological polar surface area (TPSA) is 63.6 Å². The van der Waals surface area contributed by atoms with Gasteiger partial charge in [-0.05, 0) is 12.5 Å². The Labute approximate surface area is 152 Å². The predicted molar refractivity (Wildman–Crippen MR) is 102 cm³/mol. The third-order valence-corrected chi connectivity index (χ3v) is 4.93. The Hall–Kier alpha value is -2.31. The van der Waals surface area contributed by atoms with Gasteiger partial charge in [-0.15, -0.1) is 0 Å². The lowest BCUT2D eigenvalue weighted by atomic mass is 10.2. The van der Waals surface area contributed by atoms with Crippen molar-refractivity contribution >= 4 is 11.8 Å².